The van der Waals surface area contributed by atoms with Crippen LogP contribution in [0.1, 0.15) is 12.8 Å². The molecular weight excluding hydrogens is 529 g/mol. The lowest BCUT2D eigenvalue weighted by Crippen LogP contribution is -2.36. The second-order valence-corrected chi connectivity index (χ2v) is 7.96. The molecule has 0 aromatic rings. The fourth-order valence-corrected chi connectivity index (χ4v) is 5.10. The highest BCUT2D eigenvalue weighted by atomic mass is 127. The molecule has 1 aliphatic rings. The second kappa shape index (κ2) is 6.50. The Bertz CT molecular complexity index is 288. The average Bonchev–Trinajstić information content (AvgIpc) is 2.15. The van der Waals surface area contributed by atoms with E-state index in [0.717, 1.165) is 25.9 Å². The summed E-state index contributed by atoms with van der Waals surface area (Å²) in [6, 6.07) is 0. The van der Waals surface area contributed by atoms with Gasteiger partial charge in [0, 0.05) is 7.16 Å². The molecule has 1 aliphatic carbocycles. The van der Waals surface area contributed by atoms with Gasteiger partial charge in [-0.1, -0.05) is 28.7 Å². The zero-order valence-corrected chi connectivity index (χ0v) is 14.8. The average molecular weight is 544 g/mol. The van der Waals surface area contributed by atoms with Crippen LogP contribution in [0.2, 0.25) is 0 Å². The summed E-state index contributed by atoms with van der Waals surface area (Å²) in [5.74, 6) is 0.524. The van der Waals surface area contributed by atoms with Gasteiger partial charge in [0.15, 0.2) is 0 Å². The predicted octanol–water partition coefficient (Wildman–Crippen LogP) is 3.13. The van der Waals surface area contributed by atoms with Crippen LogP contribution in [-0.4, -0.2) is 16.5 Å². The molecule has 0 spiro atoms. The van der Waals surface area contributed by atoms with Crippen LogP contribution in [0.15, 0.2) is 19.3 Å². The fourth-order valence-electron chi connectivity index (χ4n) is 1.80. The Morgan fingerprint density at radius 2 is 1.93 bits per heavy atom. The second-order valence-electron chi connectivity index (χ2n) is 3.63. The van der Waals surface area contributed by atoms with E-state index in [1.165, 1.54) is 7.16 Å². The number of allylic oxidation sites excluding steroid dienone is 4. The smallest absolute Gasteiger partial charge is 0.0603 e. The van der Waals surface area contributed by atoms with Crippen molar-refractivity contribution >= 4 is 67.8 Å². The van der Waals surface area contributed by atoms with Crippen LogP contribution in [0.25, 0.3) is 0 Å². The van der Waals surface area contributed by atoms with Crippen molar-refractivity contribution in [3.8, 4) is 0 Å². The number of nitrogens with two attached hydrogens (primary N) is 2. The maximum atomic E-state index is 5.71. The third-order valence-corrected chi connectivity index (χ3v) is 7.49. The molecule has 0 saturated carbocycles. The Balaban J connectivity index is 2.95. The quantitative estimate of drug-likeness (QED) is 0.423. The molecule has 0 amide bonds. The summed E-state index contributed by atoms with van der Waals surface area (Å²) in [7, 11) is 0. The molecule has 0 aromatic heterocycles. The van der Waals surface area contributed by atoms with Crippen LogP contribution >= 0.6 is 67.8 Å². The molecule has 2 nitrogen and oxygen atoms in total. The summed E-state index contributed by atoms with van der Waals surface area (Å²) in [6.07, 6.45) is 6.64. The van der Waals surface area contributed by atoms with Crippen LogP contribution in [0, 0.1) is 5.92 Å². The number of halogens is 3. The molecule has 0 aliphatic heterocycles. The number of rotatable bonds is 4. The van der Waals surface area contributed by atoms with Gasteiger partial charge < -0.3 is 11.5 Å². The van der Waals surface area contributed by atoms with Crippen LogP contribution in [-0.2, 0) is 0 Å². The van der Waals surface area contributed by atoms with E-state index in [1.54, 1.807) is 0 Å². The normalized spacial score (nSPS) is 31.1. The molecule has 15 heavy (non-hydrogen) atoms. The van der Waals surface area contributed by atoms with Crippen LogP contribution in [0.3, 0.4) is 0 Å². The van der Waals surface area contributed by atoms with Gasteiger partial charge in [-0.05, 0) is 83.1 Å². The van der Waals surface area contributed by atoms with Gasteiger partial charge in [0.25, 0.3) is 0 Å². The summed E-state index contributed by atoms with van der Waals surface area (Å²) in [6.45, 7) is 1.47. The maximum Gasteiger partial charge on any atom is 0.0603 e. The van der Waals surface area contributed by atoms with E-state index in [2.05, 4.69) is 79.9 Å². The summed E-state index contributed by atoms with van der Waals surface area (Å²) < 4.78 is 2.89. The van der Waals surface area contributed by atoms with Gasteiger partial charge >= 0.3 is 0 Å². The largest absolute Gasteiger partial charge is 0.330 e. The molecule has 86 valence electrons. The first-order valence-electron chi connectivity index (χ1n) is 4.88. The third-order valence-electron chi connectivity index (χ3n) is 2.60. The van der Waals surface area contributed by atoms with Gasteiger partial charge in [-0.15, -0.1) is 0 Å². The number of hydrogen-bond donors (Lipinski definition) is 2. The predicted molar refractivity (Wildman–Crippen MR) is 91.8 cm³/mol. The zero-order valence-electron chi connectivity index (χ0n) is 8.35. The van der Waals surface area contributed by atoms with Crippen LogP contribution in [0.4, 0.5) is 0 Å². The SMILES string of the molecule is NCCC1C=C(I)C=C(I)C1(I)CCN. The van der Waals surface area contributed by atoms with E-state index in [9.17, 15) is 0 Å². The number of alkyl halides is 1. The minimum atomic E-state index is 0.168. The van der Waals surface area contributed by atoms with Crippen molar-refractivity contribution in [1.29, 1.82) is 0 Å². The molecule has 0 aromatic carbocycles. The standard InChI is InChI=1S/C10H15I3N2/c11-8-5-7(1-3-14)10(13,2-4-15)9(12)6-8/h5-7H,1-4,14-15H2. The monoisotopic (exact) mass is 544 g/mol. The maximum absolute atomic E-state index is 5.71. The van der Waals surface area contributed by atoms with Gasteiger partial charge in [-0.2, -0.15) is 0 Å². The Morgan fingerprint density at radius 1 is 1.27 bits per heavy atom. The van der Waals surface area contributed by atoms with Crippen molar-refractivity contribution in [2.75, 3.05) is 13.1 Å². The van der Waals surface area contributed by atoms with E-state index < -0.39 is 0 Å². The molecule has 5 heteroatoms. The lowest BCUT2D eigenvalue weighted by Gasteiger charge is -2.37. The van der Waals surface area contributed by atoms with Crippen molar-refractivity contribution in [2.24, 2.45) is 17.4 Å². The topological polar surface area (TPSA) is 52.0 Å². The summed E-state index contributed by atoms with van der Waals surface area (Å²) in [5.41, 5.74) is 11.4. The molecule has 2 unspecified atom stereocenters. The van der Waals surface area contributed by atoms with E-state index >= 15 is 0 Å². The highest BCUT2D eigenvalue weighted by Crippen LogP contribution is 2.48. The van der Waals surface area contributed by atoms with Gasteiger partial charge in [0.05, 0.1) is 3.42 Å². The summed E-state index contributed by atoms with van der Waals surface area (Å²) in [4.78, 5) is 0. The first-order chi connectivity index (χ1) is 7.04. The molecule has 0 radical (unpaired) electrons. The van der Waals surface area contributed by atoms with E-state index in [1.807, 2.05) is 0 Å². The van der Waals surface area contributed by atoms with Crippen molar-refractivity contribution in [2.45, 2.75) is 16.3 Å². The minimum Gasteiger partial charge on any atom is -0.330 e. The first-order valence-corrected chi connectivity index (χ1v) is 8.12. The van der Waals surface area contributed by atoms with Crippen LogP contribution < -0.4 is 11.5 Å². The number of hydrogen-bond acceptors (Lipinski definition) is 2. The molecular formula is C10H15I3N2. The lowest BCUT2D eigenvalue weighted by molar-refractivity contribution is 0.481. The van der Waals surface area contributed by atoms with Gasteiger partial charge in [0.2, 0.25) is 0 Å². The molecule has 0 fully saturated rings. The molecule has 4 N–H and O–H groups in total. The van der Waals surface area contributed by atoms with Crippen molar-refractivity contribution in [1.82, 2.24) is 0 Å². The van der Waals surface area contributed by atoms with Gasteiger partial charge in [-0.3, -0.25) is 0 Å². The minimum absolute atomic E-state index is 0.168. The van der Waals surface area contributed by atoms with E-state index in [-0.39, 0.29) is 3.42 Å². The highest BCUT2D eigenvalue weighted by molar-refractivity contribution is 14.1. The van der Waals surface area contributed by atoms with Crippen LogP contribution in [0.5, 0.6) is 0 Å². The van der Waals surface area contributed by atoms with E-state index in [0.29, 0.717) is 5.92 Å². The summed E-state index contributed by atoms with van der Waals surface area (Å²) >= 11 is 7.37. The molecule has 2 atom stereocenters. The molecule has 0 bridgehead atoms. The highest BCUT2D eigenvalue weighted by Gasteiger charge is 2.38. The molecule has 0 heterocycles. The third kappa shape index (κ3) is 3.52. The zero-order chi connectivity index (χ0) is 11.5. The van der Waals surface area contributed by atoms with Crippen molar-refractivity contribution in [3.63, 3.8) is 0 Å². The summed E-state index contributed by atoms with van der Waals surface area (Å²) in [5, 5.41) is 0. The Hall–Kier alpha value is 1.59. The van der Waals surface area contributed by atoms with Crippen molar-refractivity contribution < 1.29 is 0 Å². The van der Waals surface area contributed by atoms with Gasteiger partial charge in [0.1, 0.15) is 0 Å². The molecule has 0 saturated heterocycles. The Labute approximate surface area is 132 Å². The van der Waals surface area contributed by atoms with E-state index in [4.69, 9.17) is 11.5 Å². The Morgan fingerprint density at radius 3 is 2.47 bits per heavy atom. The fraction of sp³-hybridized carbons (Fsp3) is 0.600. The van der Waals surface area contributed by atoms with Crippen molar-refractivity contribution in [3.05, 3.63) is 19.3 Å². The van der Waals surface area contributed by atoms with Gasteiger partial charge in [-0.25, -0.2) is 0 Å². The first kappa shape index (κ1) is 14.7. The Kier molecular flexibility index (Phi) is 6.35. The molecule has 1 rings (SSSR count). The lowest BCUT2D eigenvalue weighted by atomic mass is 9.83.